The third-order valence-corrected chi connectivity index (χ3v) is 2.82. The van der Waals surface area contributed by atoms with Crippen molar-refractivity contribution in [3.05, 3.63) is 65.2 Å². The number of hydrogen-bond acceptors (Lipinski definition) is 3. The molecule has 5 heteroatoms. The summed E-state index contributed by atoms with van der Waals surface area (Å²) in [5.74, 6) is -1.10. The molecule has 0 aliphatic heterocycles. The fourth-order valence-corrected chi connectivity index (χ4v) is 1.84. The molecule has 0 aliphatic rings. The van der Waals surface area contributed by atoms with Gasteiger partial charge in [0.15, 0.2) is 0 Å². The van der Waals surface area contributed by atoms with Crippen LogP contribution >= 0.6 is 0 Å². The summed E-state index contributed by atoms with van der Waals surface area (Å²) < 4.78 is 32.7. The van der Waals surface area contributed by atoms with Crippen LogP contribution in [-0.4, -0.2) is 6.54 Å². The van der Waals surface area contributed by atoms with Crippen LogP contribution in [0.15, 0.2) is 42.5 Å². The van der Waals surface area contributed by atoms with E-state index in [9.17, 15) is 8.78 Å². The van der Waals surface area contributed by atoms with Gasteiger partial charge in [0, 0.05) is 12.1 Å². The Morgan fingerprint density at radius 1 is 1.10 bits per heavy atom. The predicted octanol–water partition coefficient (Wildman–Crippen LogP) is 2.92. The summed E-state index contributed by atoms with van der Waals surface area (Å²) in [6.07, 6.45) is -0.787. The number of ether oxygens (including phenoxy) is 1. The zero-order valence-corrected chi connectivity index (χ0v) is 10.5. The third-order valence-electron chi connectivity index (χ3n) is 2.82. The minimum absolute atomic E-state index is 0.00230. The van der Waals surface area contributed by atoms with E-state index in [1.54, 1.807) is 18.2 Å². The molecule has 0 fully saturated rings. The number of halogens is 2. The molecular weight excluding hydrogens is 262 g/mol. The number of nitrogens with two attached hydrogens (primary N) is 1. The Morgan fingerprint density at radius 2 is 1.80 bits per heavy atom. The highest BCUT2D eigenvalue weighted by atomic mass is 19.1. The van der Waals surface area contributed by atoms with Gasteiger partial charge in [0.05, 0.1) is 0 Å². The lowest BCUT2D eigenvalue weighted by Crippen LogP contribution is -2.20. The van der Waals surface area contributed by atoms with Gasteiger partial charge < -0.3 is 10.5 Å². The number of benzene rings is 2. The second kappa shape index (κ2) is 6.13. The molecule has 20 heavy (non-hydrogen) atoms. The van der Waals surface area contributed by atoms with E-state index in [1.165, 1.54) is 24.3 Å². The van der Waals surface area contributed by atoms with Crippen molar-refractivity contribution >= 4 is 0 Å². The predicted molar refractivity (Wildman–Crippen MR) is 69.9 cm³/mol. The van der Waals surface area contributed by atoms with E-state index < -0.39 is 17.7 Å². The molecule has 2 rings (SSSR count). The molecule has 0 saturated heterocycles. The summed E-state index contributed by atoms with van der Waals surface area (Å²) in [6, 6.07) is 11.8. The molecule has 1 atom stereocenters. The van der Waals surface area contributed by atoms with Gasteiger partial charge in [0.2, 0.25) is 0 Å². The summed E-state index contributed by atoms with van der Waals surface area (Å²) in [5, 5.41) is 8.93. The Morgan fingerprint density at radius 3 is 2.45 bits per heavy atom. The highest BCUT2D eigenvalue weighted by Crippen LogP contribution is 2.27. The number of rotatable bonds is 4. The van der Waals surface area contributed by atoms with Crippen LogP contribution in [0.3, 0.4) is 0 Å². The Kier molecular flexibility index (Phi) is 4.28. The summed E-state index contributed by atoms with van der Waals surface area (Å²) in [7, 11) is 0. The molecule has 0 bridgehead atoms. The molecule has 0 radical (unpaired) electrons. The largest absolute Gasteiger partial charge is 0.483 e. The topological polar surface area (TPSA) is 59.0 Å². The maximum absolute atomic E-state index is 13.7. The van der Waals surface area contributed by atoms with Crippen molar-refractivity contribution in [2.24, 2.45) is 5.73 Å². The molecule has 0 spiro atoms. The Labute approximate surface area is 115 Å². The van der Waals surface area contributed by atoms with Crippen molar-refractivity contribution < 1.29 is 13.5 Å². The second-order valence-electron chi connectivity index (χ2n) is 4.09. The molecule has 0 heterocycles. The minimum Gasteiger partial charge on any atom is -0.483 e. The number of nitrogens with zero attached hydrogens (tertiary/aromatic N) is 1. The van der Waals surface area contributed by atoms with Crippen LogP contribution in [0.4, 0.5) is 8.78 Å². The standard InChI is InChI=1S/C15H12F2N2O/c16-12-5-2-1-4-10(12)15(9-19)20-14-7-3-6-13(17)11(14)8-18/h1-7,15H,9,19H2. The minimum atomic E-state index is -0.787. The SMILES string of the molecule is N#Cc1c(F)cccc1OC(CN)c1ccccc1F. The molecular formula is C15H12F2N2O. The van der Waals surface area contributed by atoms with Gasteiger partial charge in [-0.25, -0.2) is 8.78 Å². The first-order valence-corrected chi connectivity index (χ1v) is 5.97. The summed E-state index contributed by atoms with van der Waals surface area (Å²) >= 11 is 0. The van der Waals surface area contributed by atoms with Crippen molar-refractivity contribution in [1.29, 1.82) is 5.26 Å². The first kappa shape index (κ1) is 14.0. The fourth-order valence-electron chi connectivity index (χ4n) is 1.84. The van der Waals surface area contributed by atoms with Gasteiger partial charge >= 0.3 is 0 Å². The van der Waals surface area contributed by atoms with E-state index in [4.69, 9.17) is 15.7 Å². The molecule has 2 N–H and O–H groups in total. The first-order chi connectivity index (χ1) is 9.67. The maximum atomic E-state index is 13.7. The number of hydrogen-bond donors (Lipinski definition) is 1. The second-order valence-corrected chi connectivity index (χ2v) is 4.09. The third kappa shape index (κ3) is 2.76. The molecule has 102 valence electrons. The van der Waals surface area contributed by atoms with Gasteiger partial charge in [0.1, 0.15) is 35.1 Å². The van der Waals surface area contributed by atoms with Crippen LogP contribution in [0.5, 0.6) is 5.75 Å². The van der Waals surface area contributed by atoms with Crippen LogP contribution in [0.2, 0.25) is 0 Å². The van der Waals surface area contributed by atoms with Crippen molar-refractivity contribution in [2.75, 3.05) is 6.54 Å². The van der Waals surface area contributed by atoms with E-state index in [1.807, 2.05) is 0 Å². The molecule has 2 aromatic rings. The van der Waals surface area contributed by atoms with E-state index in [0.29, 0.717) is 0 Å². The van der Waals surface area contributed by atoms with Crippen LogP contribution < -0.4 is 10.5 Å². The maximum Gasteiger partial charge on any atom is 0.144 e. The van der Waals surface area contributed by atoms with E-state index >= 15 is 0 Å². The van der Waals surface area contributed by atoms with Crippen molar-refractivity contribution in [1.82, 2.24) is 0 Å². The molecule has 0 amide bonds. The van der Waals surface area contributed by atoms with Crippen molar-refractivity contribution in [2.45, 2.75) is 6.10 Å². The highest BCUT2D eigenvalue weighted by Gasteiger charge is 2.18. The van der Waals surface area contributed by atoms with E-state index in [2.05, 4.69) is 0 Å². The fraction of sp³-hybridized carbons (Fsp3) is 0.133. The summed E-state index contributed by atoms with van der Waals surface area (Å²) in [4.78, 5) is 0. The Balaban J connectivity index is 2.35. The normalized spacial score (nSPS) is 11.7. The van der Waals surface area contributed by atoms with Gasteiger partial charge in [-0.3, -0.25) is 0 Å². The molecule has 0 aromatic heterocycles. The molecule has 2 aromatic carbocycles. The van der Waals surface area contributed by atoms with Crippen molar-refractivity contribution in [3.8, 4) is 11.8 Å². The van der Waals surface area contributed by atoms with Crippen molar-refractivity contribution in [3.63, 3.8) is 0 Å². The molecule has 3 nitrogen and oxygen atoms in total. The lowest BCUT2D eigenvalue weighted by molar-refractivity contribution is 0.207. The first-order valence-electron chi connectivity index (χ1n) is 5.97. The zero-order chi connectivity index (χ0) is 14.5. The average molecular weight is 274 g/mol. The zero-order valence-electron chi connectivity index (χ0n) is 10.5. The van der Waals surface area contributed by atoms with Gasteiger partial charge in [-0.2, -0.15) is 5.26 Å². The van der Waals surface area contributed by atoms with E-state index in [0.717, 1.165) is 6.07 Å². The van der Waals surface area contributed by atoms with Crippen LogP contribution in [0.25, 0.3) is 0 Å². The van der Waals surface area contributed by atoms with Crippen LogP contribution in [0, 0.1) is 23.0 Å². The van der Waals surface area contributed by atoms with Crippen LogP contribution in [0.1, 0.15) is 17.2 Å². The van der Waals surface area contributed by atoms with Gasteiger partial charge in [-0.05, 0) is 18.2 Å². The van der Waals surface area contributed by atoms with Gasteiger partial charge in [-0.15, -0.1) is 0 Å². The van der Waals surface area contributed by atoms with Gasteiger partial charge in [0.25, 0.3) is 0 Å². The quantitative estimate of drug-likeness (QED) is 0.932. The molecule has 0 saturated carbocycles. The summed E-state index contributed by atoms with van der Waals surface area (Å²) in [5.41, 5.74) is 5.63. The highest BCUT2D eigenvalue weighted by molar-refractivity contribution is 5.44. The molecule has 1 unspecified atom stereocenters. The monoisotopic (exact) mass is 274 g/mol. The lowest BCUT2D eigenvalue weighted by Gasteiger charge is -2.19. The lowest BCUT2D eigenvalue weighted by atomic mass is 10.1. The number of nitriles is 1. The summed E-state index contributed by atoms with van der Waals surface area (Å²) in [6.45, 7) is 0.00230. The molecule has 0 aliphatic carbocycles. The van der Waals surface area contributed by atoms with Crippen LogP contribution in [-0.2, 0) is 0 Å². The van der Waals surface area contributed by atoms with E-state index in [-0.39, 0.29) is 23.4 Å². The smallest absolute Gasteiger partial charge is 0.144 e. The Hall–Kier alpha value is -2.45. The van der Waals surface area contributed by atoms with Gasteiger partial charge in [-0.1, -0.05) is 24.3 Å². The Bertz CT molecular complexity index is 653. The average Bonchev–Trinajstić information content (AvgIpc) is 2.46.